The lowest BCUT2D eigenvalue weighted by Gasteiger charge is -2.23. The largest absolute Gasteiger partial charge is 0.497 e. The van der Waals surface area contributed by atoms with E-state index in [0.717, 1.165) is 5.56 Å². The summed E-state index contributed by atoms with van der Waals surface area (Å²) in [5.74, 6) is 1.21. The van der Waals surface area contributed by atoms with Crippen molar-refractivity contribution in [2.75, 3.05) is 39.8 Å². The Hall–Kier alpha value is -2.80. The summed E-state index contributed by atoms with van der Waals surface area (Å²) in [7, 11) is 4.73. The van der Waals surface area contributed by atoms with E-state index in [1.54, 1.807) is 56.8 Å². The number of hydrogen-bond donors (Lipinski definition) is 1. The van der Waals surface area contributed by atoms with Gasteiger partial charge in [0.1, 0.15) is 11.5 Å². The van der Waals surface area contributed by atoms with E-state index >= 15 is 0 Å². The molecule has 0 aliphatic rings. The molecular formula is C18H23N3O4. The van der Waals surface area contributed by atoms with Gasteiger partial charge in [0.25, 0.3) is 0 Å². The van der Waals surface area contributed by atoms with Gasteiger partial charge < -0.3 is 24.4 Å². The number of benzene rings is 1. The van der Waals surface area contributed by atoms with Crippen molar-refractivity contribution < 1.29 is 19.0 Å². The Balaban J connectivity index is 2.13. The van der Waals surface area contributed by atoms with Crippen molar-refractivity contribution in [3.63, 3.8) is 0 Å². The maximum atomic E-state index is 12.7. The standard InChI is InChI=1S/C18H23N3O4/c1-23-9-8-21(13-14-4-6-19-7-5-14)18(22)20-15-10-16(24-2)12-17(11-15)25-3/h4-7,10-12H,8-9,13H2,1-3H3,(H,20,22). The molecule has 0 unspecified atom stereocenters. The minimum atomic E-state index is -0.232. The fourth-order valence-corrected chi connectivity index (χ4v) is 2.24. The van der Waals surface area contributed by atoms with Crippen molar-refractivity contribution in [3.05, 3.63) is 48.3 Å². The Morgan fingerprint density at radius 2 is 1.72 bits per heavy atom. The number of hydrogen-bond acceptors (Lipinski definition) is 5. The number of nitrogens with zero attached hydrogens (tertiary/aromatic N) is 2. The second-order valence-electron chi connectivity index (χ2n) is 5.30. The molecule has 1 aromatic carbocycles. The van der Waals surface area contributed by atoms with E-state index in [2.05, 4.69) is 10.3 Å². The Morgan fingerprint density at radius 1 is 1.08 bits per heavy atom. The predicted molar refractivity (Wildman–Crippen MR) is 95.1 cm³/mol. The summed E-state index contributed by atoms with van der Waals surface area (Å²) >= 11 is 0. The first kappa shape index (κ1) is 18.5. The molecule has 0 radical (unpaired) electrons. The molecule has 2 amide bonds. The quantitative estimate of drug-likeness (QED) is 0.796. The summed E-state index contributed by atoms with van der Waals surface area (Å²) in [6.07, 6.45) is 3.41. The lowest BCUT2D eigenvalue weighted by atomic mass is 10.2. The first-order valence-corrected chi connectivity index (χ1v) is 7.83. The van der Waals surface area contributed by atoms with Gasteiger partial charge in [-0.25, -0.2) is 4.79 Å². The molecular weight excluding hydrogens is 322 g/mol. The molecule has 1 aromatic heterocycles. The third-order valence-corrected chi connectivity index (χ3v) is 3.58. The SMILES string of the molecule is COCCN(Cc1ccncc1)C(=O)Nc1cc(OC)cc(OC)c1. The van der Waals surface area contributed by atoms with Gasteiger partial charge in [-0.2, -0.15) is 0 Å². The smallest absolute Gasteiger partial charge is 0.322 e. The zero-order valence-electron chi connectivity index (χ0n) is 14.7. The minimum Gasteiger partial charge on any atom is -0.497 e. The number of urea groups is 1. The van der Waals surface area contributed by atoms with Crippen LogP contribution >= 0.6 is 0 Å². The molecule has 2 rings (SSSR count). The number of pyridine rings is 1. The molecule has 1 N–H and O–H groups in total. The third kappa shape index (κ3) is 5.65. The summed E-state index contributed by atoms with van der Waals surface area (Å²) < 4.78 is 15.6. The van der Waals surface area contributed by atoms with Crippen LogP contribution in [0.15, 0.2) is 42.7 Å². The molecule has 7 heteroatoms. The number of rotatable bonds is 8. The molecule has 0 saturated carbocycles. The first-order chi connectivity index (χ1) is 12.2. The minimum absolute atomic E-state index is 0.232. The number of aromatic nitrogens is 1. The number of carbonyl (C=O) groups is 1. The van der Waals surface area contributed by atoms with Crippen molar-refractivity contribution in [2.24, 2.45) is 0 Å². The number of ether oxygens (including phenoxy) is 3. The highest BCUT2D eigenvalue weighted by atomic mass is 16.5. The highest BCUT2D eigenvalue weighted by Gasteiger charge is 2.15. The lowest BCUT2D eigenvalue weighted by molar-refractivity contribution is 0.153. The van der Waals surface area contributed by atoms with Crippen molar-refractivity contribution in [2.45, 2.75) is 6.54 Å². The van der Waals surface area contributed by atoms with E-state index in [0.29, 0.717) is 36.9 Å². The molecule has 7 nitrogen and oxygen atoms in total. The molecule has 25 heavy (non-hydrogen) atoms. The van der Waals surface area contributed by atoms with Crippen molar-refractivity contribution in [3.8, 4) is 11.5 Å². The third-order valence-electron chi connectivity index (χ3n) is 3.58. The Bertz CT molecular complexity index is 657. The summed E-state index contributed by atoms with van der Waals surface area (Å²) in [5.41, 5.74) is 1.59. The molecule has 0 saturated heterocycles. The number of carbonyl (C=O) groups excluding carboxylic acids is 1. The number of anilines is 1. The molecule has 0 aliphatic carbocycles. The average molecular weight is 345 g/mol. The number of nitrogens with one attached hydrogen (secondary N) is 1. The Labute approximate surface area is 147 Å². The van der Waals surface area contributed by atoms with Crippen LogP contribution in [-0.4, -0.2) is 50.4 Å². The molecule has 0 aliphatic heterocycles. The van der Waals surface area contributed by atoms with Crippen LogP contribution < -0.4 is 14.8 Å². The van der Waals surface area contributed by atoms with Crippen LogP contribution in [-0.2, 0) is 11.3 Å². The molecule has 1 heterocycles. The van der Waals surface area contributed by atoms with Crippen LogP contribution in [0.2, 0.25) is 0 Å². The molecule has 134 valence electrons. The number of amides is 2. The highest BCUT2D eigenvalue weighted by molar-refractivity contribution is 5.89. The first-order valence-electron chi connectivity index (χ1n) is 7.83. The van der Waals surface area contributed by atoms with Gasteiger partial charge in [0.2, 0.25) is 0 Å². The lowest BCUT2D eigenvalue weighted by Crippen LogP contribution is -2.36. The van der Waals surface area contributed by atoms with E-state index in [-0.39, 0.29) is 6.03 Å². The maximum Gasteiger partial charge on any atom is 0.322 e. The van der Waals surface area contributed by atoms with Crippen LogP contribution in [0.25, 0.3) is 0 Å². The van der Waals surface area contributed by atoms with Crippen LogP contribution in [0, 0.1) is 0 Å². The molecule has 0 atom stereocenters. The Kier molecular flexibility index (Phi) is 7.03. The maximum absolute atomic E-state index is 12.7. The summed E-state index contributed by atoms with van der Waals surface area (Å²) in [6, 6.07) is 8.74. The molecule has 0 bridgehead atoms. The average Bonchev–Trinajstić information content (AvgIpc) is 2.65. The zero-order chi connectivity index (χ0) is 18.1. The topological polar surface area (TPSA) is 72.9 Å². The van der Waals surface area contributed by atoms with Crippen LogP contribution in [0.4, 0.5) is 10.5 Å². The highest BCUT2D eigenvalue weighted by Crippen LogP contribution is 2.26. The summed E-state index contributed by atoms with van der Waals surface area (Å²) in [4.78, 5) is 18.3. The van der Waals surface area contributed by atoms with Crippen LogP contribution in [0.1, 0.15) is 5.56 Å². The van der Waals surface area contributed by atoms with Crippen molar-refractivity contribution in [1.82, 2.24) is 9.88 Å². The fourth-order valence-electron chi connectivity index (χ4n) is 2.24. The van der Waals surface area contributed by atoms with Crippen LogP contribution in [0.5, 0.6) is 11.5 Å². The van der Waals surface area contributed by atoms with E-state index < -0.39 is 0 Å². The molecule has 2 aromatic rings. The number of methoxy groups -OCH3 is 3. The van der Waals surface area contributed by atoms with Gasteiger partial charge in [-0.3, -0.25) is 4.98 Å². The summed E-state index contributed by atoms with van der Waals surface area (Å²) in [6.45, 7) is 1.37. The van der Waals surface area contributed by atoms with E-state index in [1.807, 2.05) is 12.1 Å². The predicted octanol–water partition coefficient (Wildman–Crippen LogP) is 2.78. The second kappa shape index (κ2) is 9.48. The van der Waals surface area contributed by atoms with Gasteiger partial charge in [0.05, 0.1) is 20.8 Å². The molecule has 0 spiro atoms. The van der Waals surface area contributed by atoms with Gasteiger partial charge in [0.15, 0.2) is 0 Å². The Morgan fingerprint density at radius 3 is 2.28 bits per heavy atom. The normalized spacial score (nSPS) is 10.2. The fraction of sp³-hybridized carbons (Fsp3) is 0.333. The van der Waals surface area contributed by atoms with Gasteiger partial charge in [-0.15, -0.1) is 0 Å². The van der Waals surface area contributed by atoms with Gasteiger partial charge in [-0.1, -0.05) is 0 Å². The summed E-state index contributed by atoms with van der Waals surface area (Å²) in [5, 5.41) is 2.88. The van der Waals surface area contributed by atoms with E-state index in [4.69, 9.17) is 14.2 Å². The molecule has 0 fully saturated rings. The van der Waals surface area contributed by atoms with Gasteiger partial charge in [0, 0.05) is 56.5 Å². The zero-order valence-corrected chi connectivity index (χ0v) is 14.7. The van der Waals surface area contributed by atoms with Gasteiger partial charge in [-0.05, 0) is 17.7 Å². The van der Waals surface area contributed by atoms with Crippen molar-refractivity contribution >= 4 is 11.7 Å². The monoisotopic (exact) mass is 345 g/mol. The van der Waals surface area contributed by atoms with E-state index in [9.17, 15) is 4.79 Å². The van der Waals surface area contributed by atoms with Gasteiger partial charge >= 0.3 is 6.03 Å². The second-order valence-corrected chi connectivity index (χ2v) is 5.30. The van der Waals surface area contributed by atoms with Crippen molar-refractivity contribution in [1.29, 1.82) is 0 Å². The van der Waals surface area contributed by atoms with Crippen LogP contribution in [0.3, 0.4) is 0 Å². The van der Waals surface area contributed by atoms with E-state index in [1.165, 1.54) is 0 Å².